The van der Waals surface area contributed by atoms with Crippen molar-refractivity contribution in [3.05, 3.63) is 88.3 Å². The Balaban J connectivity index is 1.36. The van der Waals surface area contributed by atoms with Crippen LogP contribution in [-0.4, -0.2) is 60.7 Å². The van der Waals surface area contributed by atoms with E-state index in [9.17, 15) is 19.2 Å². The molecule has 42 heavy (non-hydrogen) atoms. The topological polar surface area (TPSA) is 110 Å². The average molecular weight is 571 g/mol. The predicted molar refractivity (Wildman–Crippen MR) is 156 cm³/mol. The molecule has 2 aromatic carbocycles. The number of amides is 4. The van der Waals surface area contributed by atoms with E-state index < -0.39 is 23.3 Å². The van der Waals surface area contributed by atoms with E-state index in [0.29, 0.717) is 43.4 Å². The normalized spacial score (nSPS) is 23.8. The lowest BCUT2D eigenvalue weighted by Crippen LogP contribution is -2.68. The van der Waals surface area contributed by atoms with Gasteiger partial charge in [-0.1, -0.05) is 18.2 Å². The van der Waals surface area contributed by atoms with E-state index in [0.717, 1.165) is 22.6 Å². The summed E-state index contributed by atoms with van der Waals surface area (Å²) >= 11 is 0. The monoisotopic (exact) mass is 570 g/mol. The fourth-order valence-electron chi connectivity index (χ4n) is 6.72. The minimum absolute atomic E-state index is 0.00176. The molecule has 1 N–H and O–H groups in total. The number of imide groups is 2. The van der Waals surface area contributed by atoms with E-state index in [1.165, 1.54) is 7.11 Å². The fraction of sp³-hybridized carbons (Fsp3) is 0.375. The molecular formula is C32H34N4O6. The van der Waals surface area contributed by atoms with Crippen molar-refractivity contribution in [3.63, 3.8) is 0 Å². The summed E-state index contributed by atoms with van der Waals surface area (Å²) in [5.41, 5.74) is 0.547. The van der Waals surface area contributed by atoms with Crippen LogP contribution in [0.2, 0.25) is 0 Å². The maximum Gasteiger partial charge on any atom is 0.335 e. The smallest absolute Gasteiger partial charge is 0.335 e. The number of barbiturate groups is 1. The molecule has 10 nitrogen and oxygen atoms in total. The number of anilines is 1. The van der Waals surface area contributed by atoms with Gasteiger partial charge in [-0.25, -0.2) is 9.69 Å². The SMILES string of the molecule is CCOc1ccc(CC2(CN3CC4CC(C3)c3cccc(=O)n3C4)C(=O)NC(=O)N(c3ccc(OC)cc3)C2=O)cc1. The maximum absolute atomic E-state index is 14.5. The zero-order valence-electron chi connectivity index (χ0n) is 23.7. The second-order valence-electron chi connectivity index (χ2n) is 11.3. The second kappa shape index (κ2) is 11.1. The van der Waals surface area contributed by atoms with Crippen LogP contribution in [0.3, 0.4) is 0 Å². The van der Waals surface area contributed by atoms with Gasteiger partial charge in [0, 0.05) is 43.9 Å². The average Bonchev–Trinajstić information content (AvgIpc) is 2.98. The molecule has 4 heterocycles. The van der Waals surface area contributed by atoms with Gasteiger partial charge in [0.25, 0.3) is 11.5 Å². The van der Waals surface area contributed by atoms with Crippen LogP contribution in [0.1, 0.15) is 30.5 Å². The Hall–Kier alpha value is -4.44. The Morgan fingerprint density at radius 1 is 0.905 bits per heavy atom. The summed E-state index contributed by atoms with van der Waals surface area (Å²) in [4.78, 5) is 57.2. The number of carbonyl (C=O) groups is 3. The Kier molecular flexibility index (Phi) is 7.32. The number of urea groups is 1. The number of likely N-dealkylation sites (tertiary alicyclic amines) is 1. The molecule has 10 heteroatoms. The van der Waals surface area contributed by atoms with Crippen LogP contribution in [0, 0.1) is 11.3 Å². The number of ether oxygens (including phenoxy) is 2. The minimum atomic E-state index is -1.57. The first-order valence-corrected chi connectivity index (χ1v) is 14.3. The van der Waals surface area contributed by atoms with Gasteiger partial charge in [0.1, 0.15) is 16.9 Å². The molecule has 3 aliphatic heterocycles. The van der Waals surface area contributed by atoms with Gasteiger partial charge in [0.15, 0.2) is 0 Å². The summed E-state index contributed by atoms with van der Waals surface area (Å²) in [6, 6.07) is 18.6. The molecular weight excluding hydrogens is 536 g/mol. The number of piperidine rings is 1. The highest BCUT2D eigenvalue weighted by Crippen LogP contribution is 2.39. The number of pyridine rings is 1. The van der Waals surface area contributed by atoms with Crippen LogP contribution < -0.4 is 25.2 Å². The lowest BCUT2D eigenvalue weighted by atomic mass is 9.75. The number of hydrogen-bond donors (Lipinski definition) is 1. The van der Waals surface area contributed by atoms with Crippen LogP contribution in [0.15, 0.2) is 71.5 Å². The molecule has 218 valence electrons. The van der Waals surface area contributed by atoms with Gasteiger partial charge in [-0.3, -0.25) is 19.7 Å². The van der Waals surface area contributed by atoms with Gasteiger partial charge < -0.3 is 18.9 Å². The Morgan fingerprint density at radius 2 is 1.64 bits per heavy atom. The number of carbonyl (C=O) groups excluding carboxylic acids is 3. The van der Waals surface area contributed by atoms with Crippen molar-refractivity contribution in [2.75, 3.05) is 38.3 Å². The molecule has 3 aromatic rings. The first kappa shape index (κ1) is 27.7. The second-order valence-corrected chi connectivity index (χ2v) is 11.3. The summed E-state index contributed by atoms with van der Waals surface area (Å²) in [5.74, 6) is 0.420. The number of rotatable bonds is 8. The summed E-state index contributed by atoms with van der Waals surface area (Å²) in [6.45, 7) is 4.40. The van der Waals surface area contributed by atoms with Crippen LogP contribution in [0.4, 0.5) is 10.5 Å². The zero-order valence-corrected chi connectivity index (χ0v) is 23.7. The van der Waals surface area contributed by atoms with E-state index >= 15 is 0 Å². The number of nitrogens with one attached hydrogen (secondary N) is 1. The summed E-state index contributed by atoms with van der Waals surface area (Å²) < 4.78 is 12.7. The molecule has 2 saturated heterocycles. The molecule has 4 amide bonds. The van der Waals surface area contributed by atoms with Crippen LogP contribution >= 0.6 is 0 Å². The Bertz CT molecular complexity index is 1570. The van der Waals surface area contributed by atoms with Gasteiger partial charge in [0.2, 0.25) is 5.91 Å². The highest BCUT2D eigenvalue weighted by Gasteiger charge is 2.55. The van der Waals surface area contributed by atoms with Crippen molar-refractivity contribution in [1.82, 2.24) is 14.8 Å². The maximum atomic E-state index is 14.5. The molecule has 0 saturated carbocycles. The summed E-state index contributed by atoms with van der Waals surface area (Å²) in [5, 5.41) is 2.49. The van der Waals surface area contributed by atoms with Gasteiger partial charge in [-0.05, 0) is 73.7 Å². The van der Waals surface area contributed by atoms with Gasteiger partial charge in [0.05, 0.1) is 19.4 Å². The summed E-state index contributed by atoms with van der Waals surface area (Å²) in [6.07, 6.45) is 1.05. The lowest BCUT2D eigenvalue weighted by Gasteiger charge is -2.47. The van der Waals surface area contributed by atoms with E-state index in [1.54, 1.807) is 36.4 Å². The molecule has 0 radical (unpaired) electrons. The molecule has 0 spiro atoms. The van der Waals surface area contributed by atoms with Gasteiger partial charge >= 0.3 is 6.03 Å². The third-order valence-electron chi connectivity index (χ3n) is 8.59. The third-order valence-corrected chi connectivity index (χ3v) is 8.59. The van der Waals surface area contributed by atoms with Crippen molar-refractivity contribution in [1.29, 1.82) is 0 Å². The Morgan fingerprint density at radius 3 is 2.36 bits per heavy atom. The number of methoxy groups -OCH3 is 1. The van der Waals surface area contributed by atoms with Gasteiger partial charge in [-0.2, -0.15) is 0 Å². The molecule has 6 rings (SSSR count). The standard InChI is InChI=1S/C32H34N4O6/c1-3-42-26-11-7-21(8-12-26)16-32(20-34-17-22-15-23(19-34)27-5-4-6-28(37)35(27)18-22)29(38)33-31(40)36(30(32)39)24-9-13-25(41-2)14-10-24/h4-14,22-23H,3,15-20H2,1-2H3,(H,33,38,40). The van der Waals surface area contributed by atoms with E-state index in [1.807, 2.05) is 41.8 Å². The van der Waals surface area contributed by atoms with Crippen LogP contribution in [0.25, 0.3) is 0 Å². The van der Waals surface area contributed by atoms with Crippen molar-refractivity contribution in [3.8, 4) is 11.5 Å². The van der Waals surface area contributed by atoms with Crippen LogP contribution in [0.5, 0.6) is 11.5 Å². The highest BCUT2D eigenvalue weighted by molar-refractivity contribution is 6.30. The van der Waals surface area contributed by atoms with Gasteiger partial charge in [-0.15, -0.1) is 0 Å². The van der Waals surface area contributed by atoms with Crippen molar-refractivity contribution >= 4 is 23.5 Å². The first-order valence-electron chi connectivity index (χ1n) is 14.3. The Labute approximate surface area is 243 Å². The van der Waals surface area contributed by atoms with Crippen molar-refractivity contribution in [2.45, 2.75) is 32.2 Å². The molecule has 3 atom stereocenters. The zero-order chi connectivity index (χ0) is 29.4. The quantitative estimate of drug-likeness (QED) is 0.414. The molecule has 3 unspecified atom stereocenters. The van der Waals surface area contributed by atoms with E-state index in [4.69, 9.17) is 9.47 Å². The number of nitrogens with zero attached hydrogens (tertiary/aromatic N) is 3. The lowest BCUT2D eigenvalue weighted by molar-refractivity contribution is -0.144. The number of benzene rings is 2. The van der Waals surface area contributed by atoms with E-state index in [2.05, 4.69) is 10.2 Å². The van der Waals surface area contributed by atoms with Crippen molar-refractivity contribution in [2.24, 2.45) is 11.3 Å². The van der Waals surface area contributed by atoms with Crippen LogP contribution in [-0.2, 0) is 22.6 Å². The number of hydrogen-bond acceptors (Lipinski definition) is 7. The number of aromatic nitrogens is 1. The largest absolute Gasteiger partial charge is 0.497 e. The molecule has 0 aliphatic carbocycles. The molecule has 1 aromatic heterocycles. The minimum Gasteiger partial charge on any atom is -0.497 e. The molecule has 2 bridgehead atoms. The van der Waals surface area contributed by atoms with Crippen molar-refractivity contribution < 1.29 is 23.9 Å². The third kappa shape index (κ3) is 4.96. The summed E-state index contributed by atoms with van der Waals surface area (Å²) in [7, 11) is 1.54. The molecule has 3 aliphatic rings. The molecule has 2 fully saturated rings. The predicted octanol–water partition coefficient (Wildman–Crippen LogP) is 3.19. The fourth-order valence-corrected chi connectivity index (χ4v) is 6.72. The number of fused-ring (bicyclic) bond motifs is 4. The van der Waals surface area contributed by atoms with E-state index in [-0.39, 0.29) is 30.4 Å². The highest BCUT2D eigenvalue weighted by atomic mass is 16.5. The first-order chi connectivity index (χ1) is 20.3.